The number of thioether (sulfide) groups is 1. The minimum atomic E-state index is 0.718. The summed E-state index contributed by atoms with van der Waals surface area (Å²) in [6, 6.07) is 8.52. The fraction of sp³-hybridized carbons (Fsp3) is 0.409. The highest BCUT2D eigenvalue weighted by atomic mass is 32.2. The Morgan fingerprint density at radius 1 is 1.07 bits per heavy atom. The number of hydrogen-bond acceptors (Lipinski definition) is 6. The molecule has 29 heavy (non-hydrogen) atoms. The number of methoxy groups -OCH3 is 1. The first-order valence-corrected chi connectivity index (χ1v) is 10.8. The highest BCUT2D eigenvalue weighted by Gasteiger charge is 2.14. The lowest BCUT2D eigenvalue weighted by atomic mass is 10.1. The van der Waals surface area contributed by atoms with E-state index in [1.54, 1.807) is 18.9 Å². The number of anilines is 1. The van der Waals surface area contributed by atoms with Gasteiger partial charge < -0.3 is 14.2 Å². The number of aryl methyl sites for hydroxylation is 1. The van der Waals surface area contributed by atoms with Crippen LogP contribution in [0.3, 0.4) is 0 Å². The van der Waals surface area contributed by atoms with Gasteiger partial charge in [0.05, 0.1) is 12.8 Å². The number of aromatic nitrogens is 4. The second kappa shape index (κ2) is 9.31. The monoisotopic (exact) mass is 411 g/mol. The SMILES string of the molecule is CCN(CC)c1ccc(-c2nnc(SCc3ncc(C)c(OC)c3C)n2C)cc1. The quantitative estimate of drug-likeness (QED) is 0.503. The van der Waals surface area contributed by atoms with Crippen LogP contribution >= 0.6 is 11.8 Å². The van der Waals surface area contributed by atoms with E-state index in [4.69, 9.17) is 4.74 Å². The Morgan fingerprint density at radius 3 is 2.38 bits per heavy atom. The summed E-state index contributed by atoms with van der Waals surface area (Å²) in [5, 5.41) is 9.68. The maximum Gasteiger partial charge on any atom is 0.191 e. The molecule has 0 unspecified atom stereocenters. The van der Waals surface area contributed by atoms with E-state index in [2.05, 4.69) is 58.2 Å². The van der Waals surface area contributed by atoms with Crippen molar-refractivity contribution in [3.63, 3.8) is 0 Å². The van der Waals surface area contributed by atoms with Crippen LogP contribution in [0.4, 0.5) is 5.69 Å². The van der Waals surface area contributed by atoms with Crippen molar-refractivity contribution in [3.8, 4) is 17.1 Å². The highest BCUT2D eigenvalue weighted by Crippen LogP contribution is 2.30. The van der Waals surface area contributed by atoms with Gasteiger partial charge in [-0.2, -0.15) is 0 Å². The van der Waals surface area contributed by atoms with Crippen molar-refractivity contribution in [1.29, 1.82) is 0 Å². The van der Waals surface area contributed by atoms with E-state index in [1.807, 2.05) is 31.7 Å². The van der Waals surface area contributed by atoms with Gasteiger partial charge >= 0.3 is 0 Å². The first kappa shape index (κ1) is 21.2. The molecule has 0 amide bonds. The third-order valence-electron chi connectivity index (χ3n) is 5.18. The third kappa shape index (κ3) is 4.40. The van der Waals surface area contributed by atoms with Gasteiger partial charge in [-0.05, 0) is 52.0 Å². The molecule has 2 aromatic heterocycles. The first-order valence-electron chi connectivity index (χ1n) is 9.86. The summed E-state index contributed by atoms with van der Waals surface area (Å²) in [4.78, 5) is 6.90. The lowest BCUT2D eigenvalue weighted by Crippen LogP contribution is -2.21. The van der Waals surface area contributed by atoms with Gasteiger partial charge in [0.2, 0.25) is 0 Å². The molecular formula is C22H29N5OS. The second-order valence-corrected chi connectivity index (χ2v) is 7.86. The zero-order valence-corrected chi connectivity index (χ0v) is 18.9. The van der Waals surface area contributed by atoms with Crippen LogP contribution in [0.15, 0.2) is 35.6 Å². The Kier molecular flexibility index (Phi) is 6.79. The zero-order chi connectivity index (χ0) is 21.0. The predicted molar refractivity (Wildman–Crippen MR) is 120 cm³/mol. The number of benzene rings is 1. The van der Waals surface area contributed by atoms with Gasteiger partial charge in [0.1, 0.15) is 5.75 Å². The van der Waals surface area contributed by atoms with Crippen molar-refractivity contribution < 1.29 is 4.74 Å². The molecule has 0 atom stereocenters. The van der Waals surface area contributed by atoms with Gasteiger partial charge in [-0.15, -0.1) is 10.2 Å². The van der Waals surface area contributed by atoms with Gasteiger partial charge in [0.15, 0.2) is 11.0 Å². The molecule has 0 aliphatic heterocycles. The second-order valence-electron chi connectivity index (χ2n) is 6.92. The van der Waals surface area contributed by atoms with E-state index < -0.39 is 0 Å². The molecule has 2 heterocycles. The minimum Gasteiger partial charge on any atom is -0.496 e. The highest BCUT2D eigenvalue weighted by molar-refractivity contribution is 7.98. The van der Waals surface area contributed by atoms with Crippen LogP contribution in [-0.2, 0) is 12.8 Å². The summed E-state index contributed by atoms with van der Waals surface area (Å²) in [5.74, 6) is 2.49. The van der Waals surface area contributed by atoms with E-state index in [0.717, 1.165) is 58.0 Å². The zero-order valence-electron chi connectivity index (χ0n) is 18.1. The molecule has 0 aliphatic carbocycles. The molecule has 0 saturated carbocycles. The van der Waals surface area contributed by atoms with E-state index >= 15 is 0 Å². The maximum atomic E-state index is 5.51. The Morgan fingerprint density at radius 2 is 1.76 bits per heavy atom. The van der Waals surface area contributed by atoms with Crippen LogP contribution < -0.4 is 9.64 Å². The molecule has 0 N–H and O–H groups in total. The van der Waals surface area contributed by atoms with E-state index in [9.17, 15) is 0 Å². The van der Waals surface area contributed by atoms with E-state index in [0.29, 0.717) is 0 Å². The van der Waals surface area contributed by atoms with Gasteiger partial charge in [0.25, 0.3) is 0 Å². The average Bonchev–Trinajstić information content (AvgIpc) is 3.10. The fourth-order valence-corrected chi connectivity index (χ4v) is 4.39. The average molecular weight is 412 g/mol. The summed E-state index contributed by atoms with van der Waals surface area (Å²) in [6.07, 6.45) is 1.86. The molecule has 0 fully saturated rings. The Balaban J connectivity index is 1.76. The fourth-order valence-electron chi connectivity index (χ4n) is 3.45. The van der Waals surface area contributed by atoms with Crippen LogP contribution in [-0.4, -0.2) is 39.9 Å². The molecule has 0 bridgehead atoms. The lowest BCUT2D eigenvalue weighted by Gasteiger charge is -2.21. The van der Waals surface area contributed by atoms with Gasteiger partial charge in [-0.3, -0.25) is 4.98 Å². The number of hydrogen-bond donors (Lipinski definition) is 0. The standard InChI is InChI=1S/C22H29N5OS/c1-7-27(8-2)18-11-9-17(10-12-18)21-24-25-22(26(21)5)29-14-19-16(4)20(28-6)15(3)13-23-19/h9-13H,7-8,14H2,1-6H3. The summed E-state index contributed by atoms with van der Waals surface area (Å²) < 4.78 is 7.55. The van der Waals surface area contributed by atoms with Crippen LogP contribution in [0, 0.1) is 13.8 Å². The van der Waals surface area contributed by atoms with Crippen LogP contribution in [0.25, 0.3) is 11.4 Å². The lowest BCUT2D eigenvalue weighted by molar-refractivity contribution is 0.407. The molecule has 0 aliphatic rings. The maximum absolute atomic E-state index is 5.51. The molecule has 1 aromatic carbocycles. The van der Waals surface area contributed by atoms with Crippen LogP contribution in [0.5, 0.6) is 5.75 Å². The molecule has 7 heteroatoms. The van der Waals surface area contributed by atoms with E-state index in [-0.39, 0.29) is 0 Å². The number of rotatable bonds is 8. The summed E-state index contributed by atoms with van der Waals surface area (Å²) in [6.45, 7) is 10.4. The largest absolute Gasteiger partial charge is 0.496 e. The Labute approximate surface area is 177 Å². The normalized spacial score (nSPS) is 11.0. The number of nitrogens with zero attached hydrogens (tertiary/aromatic N) is 5. The molecule has 154 valence electrons. The van der Waals surface area contributed by atoms with Gasteiger partial charge in [0, 0.05) is 54.5 Å². The van der Waals surface area contributed by atoms with Crippen molar-refractivity contribution in [2.75, 3.05) is 25.1 Å². The van der Waals surface area contributed by atoms with E-state index in [1.165, 1.54) is 5.69 Å². The molecule has 3 aromatic rings. The first-order chi connectivity index (χ1) is 14.0. The predicted octanol–water partition coefficient (Wildman–Crippen LogP) is 4.64. The van der Waals surface area contributed by atoms with Gasteiger partial charge in [-0.25, -0.2) is 0 Å². The molecule has 0 spiro atoms. The molecule has 0 saturated heterocycles. The van der Waals surface area contributed by atoms with Crippen molar-refractivity contribution in [3.05, 3.63) is 47.3 Å². The van der Waals surface area contributed by atoms with Crippen molar-refractivity contribution in [1.82, 2.24) is 19.7 Å². The molecule has 0 radical (unpaired) electrons. The number of pyridine rings is 1. The number of ether oxygens (including phenoxy) is 1. The van der Waals surface area contributed by atoms with Gasteiger partial charge in [-0.1, -0.05) is 11.8 Å². The Hall–Kier alpha value is -2.54. The summed E-state index contributed by atoms with van der Waals surface area (Å²) in [7, 11) is 3.71. The minimum absolute atomic E-state index is 0.718. The molecule has 6 nitrogen and oxygen atoms in total. The molecule has 3 rings (SSSR count). The van der Waals surface area contributed by atoms with Crippen LogP contribution in [0.2, 0.25) is 0 Å². The Bertz CT molecular complexity index is 964. The van der Waals surface area contributed by atoms with Crippen LogP contribution in [0.1, 0.15) is 30.7 Å². The third-order valence-corrected chi connectivity index (χ3v) is 6.21. The van der Waals surface area contributed by atoms with Crippen molar-refractivity contribution in [2.45, 2.75) is 38.6 Å². The van der Waals surface area contributed by atoms with Crippen molar-refractivity contribution in [2.24, 2.45) is 7.05 Å². The smallest absolute Gasteiger partial charge is 0.191 e. The summed E-state index contributed by atoms with van der Waals surface area (Å²) >= 11 is 1.63. The topological polar surface area (TPSA) is 56.1 Å². The summed E-state index contributed by atoms with van der Waals surface area (Å²) in [5.41, 5.74) is 5.42. The van der Waals surface area contributed by atoms with Crippen molar-refractivity contribution >= 4 is 17.4 Å². The molecular weight excluding hydrogens is 382 g/mol.